The summed E-state index contributed by atoms with van der Waals surface area (Å²) in [6.07, 6.45) is 6.04. The number of aromatic nitrogens is 2. The van der Waals surface area contributed by atoms with Crippen LogP contribution in [0.15, 0.2) is 12.3 Å². The molecule has 11 heavy (non-hydrogen) atoms. The fraction of sp³-hybridized carbons (Fsp3) is 0.250. The van der Waals surface area contributed by atoms with Crippen LogP contribution < -0.4 is 0 Å². The van der Waals surface area contributed by atoms with Gasteiger partial charge >= 0.3 is 0 Å². The number of aldehydes is 1. The third-order valence-electron chi connectivity index (χ3n) is 1.50. The van der Waals surface area contributed by atoms with Crippen molar-refractivity contribution < 1.29 is 4.79 Å². The molecule has 3 heteroatoms. The summed E-state index contributed by atoms with van der Waals surface area (Å²) in [6.45, 7) is 3.76. The van der Waals surface area contributed by atoms with E-state index in [9.17, 15) is 4.79 Å². The van der Waals surface area contributed by atoms with E-state index < -0.39 is 0 Å². The second-order valence-electron chi connectivity index (χ2n) is 2.23. The Morgan fingerprint density at radius 3 is 2.82 bits per heavy atom. The quantitative estimate of drug-likeness (QED) is 0.599. The number of carbonyl (C=O) groups is 1. The summed E-state index contributed by atoms with van der Waals surface area (Å²) in [6, 6.07) is 0. The molecule has 0 aliphatic heterocycles. The van der Waals surface area contributed by atoms with Crippen molar-refractivity contribution in [1.29, 1.82) is 0 Å². The number of hydrogen-bond acceptors (Lipinski definition) is 2. The fourth-order valence-electron chi connectivity index (χ4n) is 0.844. The molecule has 0 spiro atoms. The van der Waals surface area contributed by atoms with E-state index in [0.717, 1.165) is 12.0 Å². The summed E-state index contributed by atoms with van der Waals surface area (Å²) in [5.41, 5.74) is 1.52. The minimum Gasteiger partial charge on any atom is -0.298 e. The van der Waals surface area contributed by atoms with E-state index in [1.165, 1.54) is 0 Å². The van der Waals surface area contributed by atoms with Crippen LogP contribution in [0.4, 0.5) is 0 Å². The van der Waals surface area contributed by atoms with Gasteiger partial charge < -0.3 is 0 Å². The Hall–Kier alpha value is -1.38. The van der Waals surface area contributed by atoms with Gasteiger partial charge in [-0.2, -0.15) is 5.10 Å². The maximum atomic E-state index is 10.4. The van der Waals surface area contributed by atoms with E-state index in [1.54, 1.807) is 10.9 Å². The smallest absolute Gasteiger partial charge is 0.153 e. The SMILES string of the molecule is C/C=C/n1ncc(C=O)c1C. The monoisotopic (exact) mass is 150 g/mol. The normalized spacial score (nSPS) is 10.7. The number of carbonyl (C=O) groups excluding carboxylic acids is 1. The maximum absolute atomic E-state index is 10.4. The highest BCUT2D eigenvalue weighted by Gasteiger charge is 2.00. The molecule has 0 aliphatic carbocycles. The molecule has 0 saturated carbocycles. The van der Waals surface area contributed by atoms with Crippen molar-refractivity contribution in [1.82, 2.24) is 9.78 Å². The molecule has 1 heterocycles. The first-order valence-electron chi connectivity index (χ1n) is 3.41. The molecule has 0 unspecified atom stereocenters. The first-order chi connectivity index (χ1) is 5.29. The third kappa shape index (κ3) is 1.37. The first kappa shape index (κ1) is 7.72. The summed E-state index contributed by atoms with van der Waals surface area (Å²) in [7, 11) is 0. The molecule has 3 nitrogen and oxygen atoms in total. The molecule has 0 atom stereocenters. The second-order valence-corrected chi connectivity index (χ2v) is 2.23. The van der Waals surface area contributed by atoms with Crippen LogP contribution in [0.3, 0.4) is 0 Å². The Morgan fingerprint density at radius 1 is 1.64 bits per heavy atom. The van der Waals surface area contributed by atoms with E-state index in [-0.39, 0.29) is 0 Å². The number of rotatable bonds is 2. The minimum atomic E-state index is 0.642. The van der Waals surface area contributed by atoms with E-state index in [2.05, 4.69) is 5.10 Å². The zero-order valence-electron chi connectivity index (χ0n) is 6.61. The van der Waals surface area contributed by atoms with Crippen LogP contribution in [0.2, 0.25) is 0 Å². The number of hydrogen-bond donors (Lipinski definition) is 0. The molecule has 0 N–H and O–H groups in total. The molecule has 0 bridgehead atoms. The zero-order valence-corrected chi connectivity index (χ0v) is 6.61. The van der Waals surface area contributed by atoms with Gasteiger partial charge in [-0.05, 0) is 13.8 Å². The van der Waals surface area contributed by atoms with Gasteiger partial charge in [0.05, 0.1) is 17.5 Å². The van der Waals surface area contributed by atoms with Gasteiger partial charge in [-0.3, -0.25) is 4.79 Å². The average molecular weight is 150 g/mol. The lowest BCUT2D eigenvalue weighted by molar-refractivity contribution is 0.112. The number of nitrogens with zero attached hydrogens (tertiary/aromatic N) is 2. The number of allylic oxidation sites excluding steroid dienone is 1. The second kappa shape index (κ2) is 3.14. The lowest BCUT2D eigenvalue weighted by Crippen LogP contribution is -1.91. The van der Waals surface area contributed by atoms with E-state index in [1.807, 2.05) is 26.1 Å². The molecule has 0 aliphatic rings. The van der Waals surface area contributed by atoms with Gasteiger partial charge in [0.1, 0.15) is 0 Å². The Labute approximate surface area is 65.3 Å². The summed E-state index contributed by atoms with van der Waals surface area (Å²) in [5.74, 6) is 0. The van der Waals surface area contributed by atoms with Crippen molar-refractivity contribution in [3.8, 4) is 0 Å². The van der Waals surface area contributed by atoms with Gasteiger partial charge in [0.2, 0.25) is 0 Å². The van der Waals surface area contributed by atoms with E-state index in [4.69, 9.17) is 0 Å². The molecule has 0 fully saturated rings. The molecule has 1 rings (SSSR count). The van der Waals surface area contributed by atoms with Crippen molar-refractivity contribution >= 4 is 12.5 Å². The maximum Gasteiger partial charge on any atom is 0.153 e. The lowest BCUT2D eigenvalue weighted by Gasteiger charge is -1.93. The molecule has 0 aromatic carbocycles. The molecule has 58 valence electrons. The Balaban J connectivity index is 3.09. The van der Waals surface area contributed by atoms with Crippen molar-refractivity contribution in [3.63, 3.8) is 0 Å². The van der Waals surface area contributed by atoms with Crippen molar-refractivity contribution in [2.45, 2.75) is 13.8 Å². The van der Waals surface area contributed by atoms with Crippen LogP contribution in [0.1, 0.15) is 23.0 Å². The van der Waals surface area contributed by atoms with Gasteiger partial charge in [-0.15, -0.1) is 0 Å². The fourth-order valence-corrected chi connectivity index (χ4v) is 0.844. The molecule has 0 amide bonds. The summed E-state index contributed by atoms with van der Waals surface area (Å²) >= 11 is 0. The molecule has 0 radical (unpaired) electrons. The molecule has 0 saturated heterocycles. The topological polar surface area (TPSA) is 34.9 Å². The Bertz CT molecular complexity index is 286. The highest BCUT2D eigenvalue weighted by Crippen LogP contribution is 2.03. The van der Waals surface area contributed by atoms with E-state index >= 15 is 0 Å². The van der Waals surface area contributed by atoms with Crippen LogP contribution in [-0.4, -0.2) is 16.1 Å². The van der Waals surface area contributed by atoms with Gasteiger partial charge in [0.25, 0.3) is 0 Å². The first-order valence-corrected chi connectivity index (χ1v) is 3.41. The van der Waals surface area contributed by atoms with Gasteiger partial charge in [0, 0.05) is 6.20 Å². The van der Waals surface area contributed by atoms with Crippen LogP contribution >= 0.6 is 0 Å². The minimum absolute atomic E-state index is 0.642. The van der Waals surface area contributed by atoms with E-state index in [0.29, 0.717) is 5.56 Å². The standard InChI is InChI=1S/C8H10N2O/c1-3-4-10-7(2)8(6-11)5-9-10/h3-6H,1-2H3/b4-3+. The average Bonchev–Trinajstić information content (AvgIpc) is 2.34. The molecule has 1 aromatic rings. The van der Waals surface area contributed by atoms with Crippen LogP contribution in [0, 0.1) is 6.92 Å². The summed E-state index contributed by atoms with van der Waals surface area (Å²) in [5, 5.41) is 3.97. The Morgan fingerprint density at radius 2 is 2.36 bits per heavy atom. The highest BCUT2D eigenvalue weighted by molar-refractivity contribution is 5.76. The molecule has 1 aromatic heterocycles. The van der Waals surface area contributed by atoms with Crippen LogP contribution in [0.25, 0.3) is 6.20 Å². The predicted octanol–water partition coefficient (Wildman–Crippen LogP) is 1.49. The van der Waals surface area contributed by atoms with Crippen molar-refractivity contribution in [2.75, 3.05) is 0 Å². The lowest BCUT2D eigenvalue weighted by atomic mass is 10.3. The Kier molecular flexibility index (Phi) is 2.21. The van der Waals surface area contributed by atoms with Crippen LogP contribution in [-0.2, 0) is 0 Å². The van der Waals surface area contributed by atoms with Gasteiger partial charge in [0.15, 0.2) is 6.29 Å². The van der Waals surface area contributed by atoms with Gasteiger partial charge in [-0.1, -0.05) is 6.08 Å². The molecular formula is C8H10N2O. The predicted molar refractivity (Wildman–Crippen MR) is 43.4 cm³/mol. The van der Waals surface area contributed by atoms with Gasteiger partial charge in [-0.25, -0.2) is 4.68 Å². The van der Waals surface area contributed by atoms with Crippen molar-refractivity contribution in [2.24, 2.45) is 0 Å². The van der Waals surface area contributed by atoms with Crippen molar-refractivity contribution in [3.05, 3.63) is 23.5 Å². The largest absolute Gasteiger partial charge is 0.298 e. The highest BCUT2D eigenvalue weighted by atomic mass is 16.1. The third-order valence-corrected chi connectivity index (χ3v) is 1.50. The van der Waals surface area contributed by atoms with Crippen LogP contribution in [0.5, 0.6) is 0 Å². The summed E-state index contributed by atoms with van der Waals surface area (Å²) < 4.78 is 1.67. The zero-order chi connectivity index (χ0) is 8.27. The molecular weight excluding hydrogens is 140 g/mol. The summed E-state index contributed by atoms with van der Waals surface area (Å²) in [4.78, 5) is 10.4.